The summed E-state index contributed by atoms with van der Waals surface area (Å²) in [5, 5.41) is 15.0. The van der Waals surface area contributed by atoms with Crippen LogP contribution in [0.1, 0.15) is 37.8 Å². The van der Waals surface area contributed by atoms with Crippen LogP contribution in [0.2, 0.25) is 0 Å². The van der Waals surface area contributed by atoms with Crippen molar-refractivity contribution in [1.29, 1.82) is 0 Å². The van der Waals surface area contributed by atoms with E-state index in [4.69, 9.17) is 0 Å². The lowest BCUT2D eigenvalue weighted by atomic mass is 10.1. The Kier molecular flexibility index (Phi) is 5.01. The van der Waals surface area contributed by atoms with Gasteiger partial charge in [-0.3, -0.25) is 0 Å². The number of rotatable bonds is 5. The van der Waals surface area contributed by atoms with E-state index in [1.54, 1.807) is 6.92 Å². The van der Waals surface area contributed by atoms with Gasteiger partial charge in [0.05, 0.1) is 6.10 Å². The summed E-state index contributed by atoms with van der Waals surface area (Å²) < 4.78 is 0. The smallest absolute Gasteiger partial charge is 0.319 e. The summed E-state index contributed by atoms with van der Waals surface area (Å²) in [7, 11) is 0. The Morgan fingerprint density at radius 1 is 1.30 bits per heavy atom. The Labute approximate surface area is 120 Å². The van der Waals surface area contributed by atoms with Crippen molar-refractivity contribution < 1.29 is 9.90 Å². The molecule has 2 atom stereocenters. The Bertz CT molecular complexity index is 472. The molecule has 0 fully saturated rings. The number of fused-ring (bicyclic) bond motifs is 1. The summed E-state index contributed by atoms with van der Waals surface area (Å²) in [4.78, 5) is 11.8. The second kappa shape index (κ2) is 6.75. The highest BCUT2D eigenvalue weighted by Crippen LogP contribution is 2.24. The minimum Gasteiger partial charge on any atom is -0.393 e. The predicted octanol–water partition coefficient (Wildman–Crippen LogP) is 2.70. The van der Waals surface area contributed by atoms with Gasteiger partial charge >= 0.3 is 6.03 Å². The molecule has 20 heavy (non-hydrogen) atoms. The van der Waals surface area contributed by atoms with Crippen LogP contribution in [0.3, 0.4) is 0 Å². The molecule has 3 N–H and O–H groups in total. The number of anilines is 1. The first-order valence-electron chi connectivity index (χ1n) is 7.39. The van der Waals surface area contributed by atoms with E-state index in [0.29, 0.717) is 13.0 Å². The normalized spacial score (nSPS) is 16.4. The molecule has 4 nitrogen and oxygen atoms in total. The van der Waals surface area contributed by atoms with E-state index < -0.39 is 0 Å². The number of carbonyl (C=O) groups is 1. The number of hydrogen-bond donors (Lipinski definition) is 3. The van der Waals surface area contributed by atoms with Crippen molar-refractivity contribution in [3.05, 3.63) is 29.3 Å². The number of amides is 2. The third-order valence-corrected chi connectivity index (χ3v) is 3.71. The summed E-state index contributed by atoms with van der Waals surface area (Å²) in [5.41, 5.74) is 3.61. The van der Waals surface area contributed by atoms with Gasteiger partial charge in [-0.05, 0) is 61.8 Å². The monoisotopic (exact) mass is 276 g/mol. The summed E-state index contributed by atoms with van der Waals surface area (Å²) in [5.74, 6) is 0.265. The number of hydrogen-bond acceptors (Lipinski definition) is 2. The highest BCUT2D eigenvalue weighted by Gasteiger charge is 2.12. The molecule has 0 saturated carbocycles. The largest absolute Gasteiger partial charge is 0.393 e. The van der Waals surface area contributed by atoms with Crippen LogP contribution in [0.5, 0.6) is 0 Å². The van der Waals surface area contributed by atoms with Gasteiger partial charge in [0.25, 0.3) is 0 Å². The second-order valence-electron chi connectivity index (χ2n) is 5.86. The number of nitrogens with one attached hydrogen (secondary N) is 2. The van der Waals surface area contributed by atoms with Gasteiger partial charge < -0.3 is 15.7 Å². The van der Waals surface area contributed by atoms with Crippen LogP contribution >= 0.6 is 0 Å². The first kappa shape index (κ1) is 14.9. The molecule has 0 bridgehead atoms. The van der Waals surface area contributed by atoms with E-state index in [1.807, 2.05) is 13.0 Å². The molecule has 1 aromatic rings. The zero-order chi connectivity index (χ0) is 14.5. The van der Waals surface area contributed by atoms with E-state index in [0.717, 1.165) is 18.5 Å². The summed E-state index contributed by atoms with van der Waals surface area (Å²) >= 11 is 0. The van der Waals surface area contributed by atoms with E-state index in [1.165, 1.54) is 17.5 Å². The van der Waals surface area contributed by atoms with E-state index in [9.17, 15) is 9.90 Å². The minimum absolute atomic E-state index is 0.180. The van der Waals surface area contributed by atoms with Crippen molar-refractivity contribution in [3.8, 4) is 0 Å². The lowest BCUT2D eigenvalue weighted by Crippen LogP contribution is -2.33. The zero-order valence-corrected chi connectivity index (χ0v) is 12.3. The first-order valence-corrected chi connectivity index (χ1v) is 7.39. The molecule has 0 radical (unpaired) electrons. The third-order valence-electron chi connectivity index (χ3n) is 3.71. The zero-order valence-electron chi connectivity index (χ0n) is 12.3. The number of aliphatic hydroxyl groups excluding tert-OH is 1. The van der Waals surface area contributed by atoms with Crippen LogP contribution in [0, 0.1) is 5.92 Å². The van der Waals surface area contributed by atoms with E-state index >= 15 is 0 Å². The molecule has 2 rings (SSSR count). The number of benzene rings is 1. The van der Waals surface area contributed by atoms with Gasteiger partial charge in [0.2, 0.25) is 0 Å². The predicted molar refractivity (Wildman–Crippen MR) is 81.0 cm³/mol. The van der Waals surface area contributed by atoms with Crippen molar-refractivity contribution in [3.63, 3.8) is 0 Å². The molecule has 1 aliphatic carbocycles. The molecular weight excluding hydrogens is 252 g/mol. The Hall–Kier alpha value is -1.55. The van der Waals surface area contributed by atoms with Crippen molar-refractivity contribution in [2.45, 2.75) is 45.6 Å². The number of carbonyl (C=O) groups excluding carboxylic acids is 1. The van der Waals surface area contributed by atoms with Crippen LogP contribution in [-0.2, 0) is 12.8 Å². The van der Waals surface area contributed by atoms with Crippen molar-refractivity contribution in [1.82, 2.24) is 5.32 Å². The minimum atomic E-state index is -0.327. The number of urea groups is 1. The molecule has 0 saturated heterocycles. The second-order valence-corrected chi connectivity index (χ2v) is 5.86. The first-order chi connectivity index (χ1) is 9.54. The van der Waals surface area contributed by atoms with Gasteiger partial charge in [0.1, 0.15) is 0 Å². The van der Waals surface area contributed by atoms with E-state index in [2.05, 4.69) is 22.8 Å². The molecule has 0 aromatic heterocycles. The van der Waals surface area contributed by atoms with Gasteiger partial charge in [-0.1, -0.05) is 13.0 Å². The summed E-state index contributed by atoms with van der Waals surface area (Å²) in [6.45, 7) is 4.35. The van der Waals surface area contributed by atoms with Crippen LogP contribution in [0.4, 0.5) is 10.5 Å². The highest BCUT2D eigenvalue weighted by atomic mass is 16.3. The molecule has 0 heterocycles. The van der Waals surface area contributed by atoms with Gasteiger partial charge in [0.15, 0.2) is 0 Å². The van der Waals surface area contributed by atoms with Crippen LogP contribution in [-0.4, -0.2) is 23.8 Å². The fourth-order valence-corrected chi connectivity index (χ4v) is 2.76. The summed E-state index contributed by atoms with van der Waals surface area (Å²) in [6.07, 6.45) is 3.84. The SMILES string of the molecule is CC(O)CC(C)CNC(=O)Nc1ccc2c(c1)CCC2. The molecule has 1 aromatic carbocycles. The van der Waals surface area contributed by atoms with Crippen molar-refractivity contribution >= 4 is 11.7 Å². The fraction of sp³-hybridized carbons (Fsp3) is 0.562. The molecule has 1 aliphatic rings. The summed E-state index contributed by atoms with van der Waals surface area (Å²) in [6, 6.07) is 5.96. The molecule has 2 amide bonds. The van der Waals surface area contributed by atoms with Gasteiger partial charge in [-0.15, -0.1) is 0 Å². The van der Waals surface area contributed by atoms with Crippen LogP contribution in [0.25, 0.3) is 0 Å². The average Bonchev–Trinajstić information content (AvgIpc) is 2.83. The molecule has 0 spiro atoms. The lowest BCUT2D eigenvalue weighted by molar-refractivity contribution is 0.163. The maximum absolute atomic E-state index is 11.8. The Balaban J connectivity index is 1.80. The topological polar surface area (TPSA) is 61.4 Å². The van der Waals surface area contributed by atoms with Crippen LogP contribution < -0.4 is 10.6 Å². The third kappa shape index (κ3) is 4.23. The van der Waals surface area contributed by atoms with Gasteiger partial charge in [0, 0.05) is 12.2 Å². The van der Waals surface area contributed by atoms with E-state index in [-0.39, 0.29) is 18.1 Å². The molecular formula is C16H24N2O2. The van der Waals surface area contributed by atoms with Crippen molar-refractivity contribution in [2.75, 3.05) is 11.9 Å². The maximum Gasteiger partial charge on any atom is 0.319 e. The molecule has 2 unspecified atom stereocenters. The molecule has 0 aliphatic heterocycles. The van der Waals surface area contributed by atoms with Gasteiger partial charge in [-0.2, -0.15) is 0 Å². The lowest BCUT2D eigenvalue weighted by Gasteiger charge is -2.15. The Morgan fingerprint density at radius 2 is 2.05 bits per heavy atom. The highest BCUT2D eigenvalue weighted by molar-refractivity contribution is 5.89. The van der Waals surface area contributed by atoms with Crippen LogP contribution in [0.15, 0.2) is 18.2 Å². The quantitative estimate of drug-likeness (QED) is 0.774. The standard InChI is InChI=1S/C16H24N2O2/c1-11(8-12(2)19)10-17-16(20)18-15-7-6-13-4-3-5-14(13)9-15/h6-7,9,11-12,19H,3-5,8,10H2,1-2H3,(H2,17,18,20). The number of aliphatic hydroxyl groups is 1. The average molecular weight is 276 g/mol. The van der Waals surface area contributed by atoms with Crippen molar-refractivity contribution in [2.24, 2.45) is 5.92 Å². The molecule has 4 heteroatoms. The van der Waals surface area contributed by atoms with Gasteiger partial charge in [-0.25, -0.2) is 4.79 Å². The fourth-order valence-electron chi connectivity index (χ4n) is 2.76. The maximum atomic E-state index is 11.8. The number of aryl methyl sites for hydroxylation is 2. The Morgan fingerprint density at radius 3 is 2.80 bits per heavy atom. The molecule has 110 valence electrons.